The first-order valence-corrected chi connectivity index (χ1v) is 4.11. The van der Waals surface area contributed by atoms with Gasteiger partial charge >= 0.3 is 0 Å². The van der Waals surface area contributed by atoms with E-state index < -0.39 is 0 Å². The lowest BCUT2D eigenvalue weighted by Crippen LogP contribution is -2.21. The van der Waals surface area contributed by atoms with Crippen LogP contribution in [0, 0.1) is 5.92 Å². The van der Waals surface area contributed by atoms with Crippen LogP contribution in [0.5, 0.6) is 0 Å². The number of imidazole rings is 1. The van der Waals surface area contributed by atoms with Crippen LogP contribution in [-0.2, 0) is 4.79 Å². The molecule has 0 spiro atoms. The number of nitrogens with zero attached hydrogens (tertiary/aromatic N) is 2. The van der Waals surface area contributed by atoms with E-state index in [2.05, 4.69) is 4.98 Å². The molecular formula is C9H14N2O. The highest BCUT2D eigenvalue weighted by Gasteiger charge is 2.18. The topological polar surface area (TPSA) is 34.9 Å². The first kappa shape index (κ1) is 8.97. The molecule has 1 aromatic rings. The fourth-order valence-electron chi connectivity index (χ4n) is 1.46. The van der Waals surface area contributed by atoms with E-state index in [4.69, 9.17) is 0 Å². The van der Waals surface area contributed by atoms with Crippen molar-refractivity contribution in [2.45, 2.75) is 26.8 Å². The molecule has 0 radical (unpaired) electrons. The van der Waals surface area contributed by atoms with Crippen molar-refractivity contribution in [3.05, 3.63) is 18.7 Å². The largest absolute Gasteiger partial charge is 0.327 e. The van der Waals surface area contributed by atoms with Gasteiger partial charge in [-0.3, -0.25) is 4.79 Å². The second-order valence-corrected chi connectivity index (χ2v) is 3.31. The molecule has 0 bridgehead atoms. The van der Waals surface area contributed by atoms with Crippen LogP contribution in [0.3, 0.4) is 0 Å². The highest BCUT2D eigenvalue weighted by Crippen LogP contribution is 2.17. The standard InChI is InChI=1S/C9H14N2O/c1-7(2)9(8(3)12)11-5-4-10-6-11/h4-7,9H,1-3H3. The molecule has 0 amide bonds. The monoisotopic (exact) mass is 166 g/mol. The fourth-order valence-corrected chi connectivity index (χ4v) is 1.46. The highest BCUT2D eigenvalue weighted by molar-refractivity contribution is 5.80. The van der Waals surface area contributed by atoms with Crippen molar-refractivity contribution in [3.63, 3.8) is 0 Å². The Balaban J connectivity index is 2.88. The van der Waals surface area contributed by atoms with E-state index >= 15 is 0 Å². The second kappa shape index (κ2) is 3.52. The average Bonchev–Trinajstić information content (AvgIpc) is 2.37. The SMILES string of the molecule is CC(=O)C(C(C)C)n1ccnc1. The summed E-state index contributed by atoms with van der Waals surface area (Å²) in [4.78, 5) is 15.2. The van der Waals surface area contributed by atoms with Crippen LogP contribution in [0.4, 0.5) is 0 Å². The Morgan fingerprint density at radius 2 is 2.17 bits per heavy atom. The van der Waals surface area contributed by atoms with Crippen molar-refractivity contribution in [1.82, 2.24) is 9.55 Å². The van der Waals surface area contributed by atoms with Crippen LogP contribution < -0.4 is 0 Å². The predicted octanol–water partition coefficient (Wildman–Crippen LogP) is 1.67. The molecule has 0 saturated carbocycles. The average molecular weight is 166 g/mol. The Morgan fingerprint density at radius 3 is 2.50 bits per heavy atom. The number of carbonyl (C=O) groups excluding carboxylic acids is 1. The maximum absolute atomic E-state index is 11.2. The van der Waals surface area contributed by atoms with Gasteiger partial charge in [0.05, 0.1) is 12.4 Å². The smallest absolute Gasteiger partial charge is 0.152 e. The third-order valence-corrected chi connectivity index (χ3v) is 1.89. The quantitative estimate of drug-likeness (QED) is 0.684. The minimum atomic E-state index is -0.0625. The van der Waals surface area contributed by atoms with E-state index in [0.29, 0.717) is 5.92 Å². The van der Waals surface area contributed by atoms with E-state index in [-0.39, 0.29) is 11.8 Å². The summed E-state index contributed by atoms with van der Waals surface area (Å²) in [6.07, 6.45) is 5.20. The van der Waals surface area contributed by atoms with Gasteiger partial charge in [-0.15, -0.1) is 0 Å². The Kier molecular flexibility index (Phi) is 2.63. The summed E-state index contributed by atoms with van der Waals surface area (Å²) in [7, 11) is 0. The number of ketones is 1. The van der Waals surface area contributed by atoms with E-state index in [1.807, 2.05) is 24.6 Å². The van der Waals surface area contributed by atoms with Gasteiger partial charge in [-0.2, -0.15) is 0 Å². The summed E-state index contributed by atoms with van der Waals surface area (Å²) in [6.45, 7) is 5.68. The normalized spacial score (nSPS) is 13.3. The zero-order valence-electron chi connectivity index (χ0n) is 7.69. The second-order valence-electron chi connectivity index (χ2n) is 3.31. The molecule has 0 aliphatic heterocycles. The van der Waals surface area contributed by atoms with Crippen molar-refractivity contribution in [3.8, 4) is 0 Å². The first-order chi connectivity index (χ1) is 5.63. The molecule has 3 heteroatoms. The molecule has 0 saturated heterocycles. The van der Waals surface area contributed by atoms with Gasteiger partial charge in [-0.1, -0.05) is 13.8 Å². The highest BCUT2D eigenvalue weighted by atomic mass is 16.1. The van der Waals surface area contributed by atoms with Crippen molar-refractivity contribution in [1.29, 1.82) is 0 Å². The number of aromatic nitrogens is 2. The molecule has 1 atom stereocenters. The lowest BCUT2D eigenvalue weighted by molar-refractivity contribution is -0.121. The summed E-state index contributed by atoms with van der Waals surface area (Å²) in [5.74, 6) is 0.500. The van der Waals surface area contributed by atoms with Crippen LogP contribution in [0.2, 0.25) is 0 Å². The molecule has 1 aromatic heterocycles. The predicted molar refractivity (Wildman–Crippen MR) is 46.8 cm³/mol. The van der Waals surface area contributed by atoms with Crippen molar-refractivity contribution >= 4 is 5.78 Å². The van der Waals surface area contributed by atoms with Gasteiger partial charge in [0.15, 0.2) is 5.78 Å². The fraction of sp³-hybridized carbons (Fsp3) is 0.556. The van der Waals surface area contributed by atoms with E-state index in [9.17, 15) is 4.79 Å². The van der Waals surface area contributed by atoms with Crippen LogP contribution >= 0.6 is 0 Å². The van der Waals surface area contributed by atoms with Gasteiger partial charge in [-0.05, 0) is 12.8 Å². The Bertz CT molecular complexity index is 252. The van der Waals surface area contributed by atoms with E-state index in [1.54, 1.807) is 19.4 Å². The Labute approximate surface area is 72.4 Å². The van der Waals surface area contributed by atoms with Gasteiger partial charge < -0.3 is 4.57 Å². The zero-order chi connectivity index (χ0) is 9.14. The maximum atomic E-state index is 11.2. The van der Waals surface area contributed by atoms with E-state index in [1.165, 1.54) is 0 Å². The van der Waals surface area contributed by atoms with Gasteiger partial charge in [0, 0.05) is 12.4 Å². The maximum Gasteiger partial charge on any atom is 0.152 e. The number of rotatable bonds is 3. The lowest BCUT2D eigenvalue weighted by Gasteiger charge is -2.18. The first-order valence-electron chi connectivity index (χ1n) is 4.11. The lowest BCUT2D eigenvalue weighted by atomic mass is 10.0. The molecule has 0 fully saturated rings. The van der Waals surface area contributed by atoms with Crippen LogP contribution in [0.1, 0.15) is 26.8 Å². The van der Waals surface area contributed by atoms with E-state index in [0.717, 1.165) is 0 Å². The molecule has 66 valence electrons. The van der Waals surface area contributed by atoms with Gasteiger partial charge in [0.2, 0.25) is 0 Å². The minimum absolute atomic E-state index is 0.0625. The van der Waals surface area contributed by atoms with Crippen LogP contribution in [0.25, 0.3) is 0 Å². The third kappa shape index (κ3) is 1.72. The summed E-state index contributed by atoms with van der Waals surface area (Å²) in [5.41, 5.74) is 0. The van der Waals surface area contributed by atoms with Gasteiger partial charge in [-0.25, -0.2) is 4.98 Å². The van der Waals surface area contributed by atoms with Crippen LogP contribution in [0.15, 0.2) is 18.7 Å². The number of hydrogen-bond acceptors (Lipinski definition) is 2. The minimum Gasteiger partial charge on any atom is -0.327 e. The molecular weight excluding hydrogens is 152 g/mol. The number of carbonyl (C=O) groups is 1. The Hall–Kier alpha value is -1.12. The summed E-state index contributed by atoms with van der Waals surface area (Å²) in [6, 6.07) is -0.0625. The van der Waals surface area contributed by atoms with Crippen molar-refractivity contribution < 1.29 is 4.79 Å². The molecule has 0 aliphatic rings. The molecule has 0 N–H and O–H groups in total. The molecule has 12 heavy (non-hydrogen) atoms. The molecule has 1 unspecified atom stereocenters. The number of hydrogen-bond donors (Lipinski definition) is 0. The molecule has 1 heterocycles. The summed E-state index contributed by atoms with van der Waals surface area (Å²) < 4.78 is 1.85. The molecule has 1 rings (SSSR count). The molecule has 3 nitrogen and oxygen atoms in total. The van der Waals surface area contributed by atoms with Gasteiger partial charge in [0.1, 0.15) is 0 Å². The molecule has 0 aromatic carbocycles. The molecule has 0 aliphatic carbocycles. The van der Waals surface area contributed by atoms with Gasteiger partial charge in [0.25, 0.3) is 0 Å². The van der Waals surface area contributed by atoms with Crippen LogP contribution in [-0.4, -0.2) is 15.3 Å². The van der Waals surface area contributed by atoms with Crippen molar-refractivity contribution in [2.75, 3.05) is 0 Å². The number of Topliss-reactive ketones (excluding diaryl/α,β-unsaturated/α-hetero) is 1. The zero-order valence-corrected chi connectivity index (χ0v) is 7.69. The Morgan fingerprint density at radius 1 is 1.50 bits per heavy atom. The third-order valence-electron chi connectivity index (χ3n) is 1.89. The summed E-state index contributed by atoms with van der Waals surface area (Å²) in [5, 5.41) is 0. The summed E-state index contributed by atoms with van der Waals surface area (Å²) >= 11 is 0. The van der Waals surface area contributed by atoms with Crippen molar-refractivity contribution in [2.24, 2.45) is 5.92 Å².